The van der Waals surface area contributed by atoms with Crippen LogP contribution < -0.4 is 5.32 Å². The molecule has 6 heteroatoms. The summed E-state index contributed by atoms with van der Waals surface area (Å²) in [5, 5.41) is 3.61. The van der Waals surface area contributed by atoms with Crippen molar-refractivity contribution in [3.8, 4) is 11.3 Å². The molecule has 1 heterocycles. The monoisotopic (exact) mass is 414 g/mol. The second-order valence-electron chi connectivity index (χ2n) is 7.06. The topological polar surface area (TPSA) is 59.1 Å². The van der Waals surface area contributed by atoms with E-state index in [0.717, 1.165) is 30.6 Å². The SMILES string of the molecule is CCCSc1nc(-c2ccccc2C(=O)S)ccc1C(=O)NC1CCCCC1. The first-order valence-corrected chi connectivity index (χ1v) is 11.3. The van der Waals surface area contributed by atoms with E-state index in [0.29, 0.717) is 21.8 Å². The molecule has 1 N–H and O–H groups in total. The molecule has 1 saturated carbocycles. The predicted octanol–water partition coefficient (Wildman–Crippen LogP) is 5.38. The number of nitrogens with zero attached hydrogens (tertiary/aromatic N) is 1. The van der Waals surface area contributed by atoms with Crippen LogP contribution in [0.1, 0.15) is 66.2 Å². The zero-order valence-corrected chi connectivity index (χ0v) is 17.8. The van der Waals surface area contributed by atoms with E-state index in [9.17, 15) is 9.59 Å². The Labute approximate surface area is 176 Å². The molecule has 0 atom stereocenters. The molecule has 0 bridgehead atoms. The summed E-state index contributed by atoms with van der Waals surface area (Å²) in [6, 6.07) is 11.2. The first kappa shape index (κ1) is 20.9. The van der Waals surface area contributed by atoms with Crippen molar-refractivity contribution >= 4 is 35.4 Å². The van der Waals surface area contributed by atoms with Crippen molar-refractivity contribution in [1.29, 1.82) is 0 Å². The molecule has 1 fully saturated rings. The minimum absolute atomic E-state index is 0.0527. The van der Waals surface area contributed by atoms with Gasteiger partial charge in [0.2, 0.25) is 5.12 Å². The highest BCUT2D eigenvalue weighted by Gasteiger charge is 2.20. The quantitative estimate of drug-likeness (QED) is 0.471. The molecular formula is C22H26N2O2S2. The molecule has 1 amide bonds. The number of rotatable bonds is 7. The Morgan fingerprint density at radius 2 is 1.86 bits per heavy atom. The maximum atomic E-state index is 12.9. The van der Waals surface area contributed by atoms with Gasteiger partial charge in [-0.1, -0.05) is 44.4 Å². The van der Waals surface area contributed by atoms with Crippen LogP contribution in [0.3, 0.4) is 0 Å². The Balaban J connectivity index is 1.91. The third-order valence-electron chi connectivity index (χ3n) is 4.92. The summed E-state index contributed by atoms with van der Waals surface area (Å²) in [4.78, 5) is 29.5. The number of hydrogen-bond acceptors (Lipinski definition) is 4. The number of aromatic nitrogens is 1. The van der Waals surface area contributed by atoms with Crippen LogP contribution in [0, 0.1) is 0 Å². The summed E-state index contributed by atoms with van der Waals surface area (Å²) < 4.78 is 0. The smallest absolute Gasteiger partial charge is 0.254 e. The van der Waals surface area contributed by atoms with Gasteiger partial charge in [0.1, 0.15) is 5.03 Å². The van der Waals surface area contributed by atoms with Crippen molar-refractivity contribution in [2.24, 2.45) is 0 Å². The first-order valence-electron chi connectivity index (χ1n) is 9.87. The molecule has 148 valence electrons. The van der Waals surface area contributed by atoms with Crippen molar-refractivity contribution in [2.45, 2.75) is 56.5 Å². The lowest BCUT2D eigenvalue weighted by Crippen LogP contribution is -2.36. The van der Waals surface area contributed by atoms with Crippen molar-refractivity contribution < 1.29 is 9.59 Å². The van der Waals surface area contributed by atoms with Gasteiger partial charge in [0.15, 0.2) is 0 Å². The second kappa shape index (κ2) is 10.1. The van der Waals surface area contributed by atoms with Gasteiger partial charge in [-0.3, -0.25) is 9.59 Å². The summed E-state index contributed by atoms with van der Waals surface area (Å²) in [5.41, 5.74) is 2.55. The molecule has 4 nitrogen and oxygen atoms in total. The average Bonchev–Trinajstić information content (AvgIpc) is 2.72. The Morgan fingerprint density at radius 1 is 1.11 bits per heavy atom. The van der Waals surface area contributed by atoms with Gasteiger partial charge in [-0.2, -0.15) is 0 Å². The Morgan fingerprint density at radius 3 is 2.57 bits per heavy atom. The van der Waals surface area contributed by atoms with Gasteiger partial charge in [-0.25, -0.2) is 4.98 Å². The molecule has 1 aliphatic rings. The van der Waals surface area contributed by atoms with E-state index in [4.69, 9.17) is 4.98 Å². The van der Waals surface area contributed by atoms with Crippen molar-refractivity contribution in [3.05, 3.63) is 47.5 Å². The molecule has 0 unspecified atom stereocenters. The molecule has 1 aromatic heterocycles. The molecule has 0 radical (unpaired) electrons. The number of hydrogen-bond donors (Lipinski definition) is 2. The molecule has 28 heavy (non-hydrogen) atoms. The van der Waals surface area contributed by atoms with Crippen LogP contribution in [0.4, 0.5) is 0 Å². The lowest BCUT2D eigenvalue weighted by molar-refractivity contribution is 0.0923. The minimum Gasteiger partial charge on any atom is -0.349 e. The number of nitrogens with one attached hydrogen (secondary N) is 1. The van der Waals surface area contributed by atoms with Crippen LogP contribution in [-0.2, 0) is 0 Å². The number of pyridine rings is 1. The molecule has 3 rings (SSSR count). The van der Waals surface area contributed by atoms with Gasteiger partial charge >= 0.3 is 0 Å². The van der Waals surface area contributed by atoms with Crippen molar-refractivity contribution in [3.63, 3.8) is 0 Å². The molecule has 1 aliphatic carbocycles. The van der Waals surface area contributed by atoms with Crippen LogP contribution in [0.25, 0.3) is 11.3 Å². The van der Waals surface area contributed by atoms with Crippen LogP contribution in [0.2, 0.25) is 0 Å². The Bertz CT molecular complexity index is 848. The van der Waals surface area contributed by atoms with E-state index in [2.05, 4.69) is 24.9 Å². The maximum Gasteiger partial charge on any atom is 0.254 e. The molecule has 0 aliphatic heterocycles. The molecule has 0 saturated heterocycles. The van der Waals surface area contributed by atoms with Crippen molar-refractivity contribution in [1.82, 2.24) is 10.3 Å². The number of carbonyl (C=O) groups is 2. The molecule has 0 spiro atoms. The average molecular weight is 415 g/mol. The third kappa shape index (κ3) is 5.17. The normalized spacial score (nSPS) is 14.6. The Hall–Kier alpha value is -1.79. The van der Waals surface area contributed by atoms with E-state index < -0.39 is 0 Å². The molecule has 2 aromatic rings. The number of carbonyl (C=O) groups excluding carboxylic acids is 2. The van der Waals surface area contributed by atoms with E-state index in [1.807, 2.05) is 30.3 Å². The molecular weight excluding hydrogens is 388 g/mol. The maximum absolute atomic E-state index is 12.9. The number of thioether (sulfide) groups is 1. The van der Waals surface area contributed by atoms with Crippen LogP contribution in [-0.4, -0.2) is 27.8 Å². The van der Waals surface area contributed by atoms with Gasteiger partial charge in [0.25, 0.3) is 5.91 Å². The highest BCUT2D eigenvalue weighted by atomic mass is 32.2. The van der Waals surface area contributed by atoms with Gasteiger partial charge < -0.3 is 5.32 Å². The van der Waals surface area contributed by atoms with Crippen LogP contribution in [0.5, 0.6) is 0 Å². The first-order chi connectivity index (χ1) is 13.6. The van der Waals surface area contributed by atoms with E-state index in [1.54, 1.807) is 17.8 Å². The lowest BCUT2D eigenvalue weighted by atomic mass is 9.95. The van der Waals surface area contributed by atoms with Gasteiger partial charge in [0.05, 0.1) is 11.3 Å². The highest BCUT2D eigenvalue weighted by molar-refractivity contribution is 7.99. The third-order valence-corrected chi connectivity index (χ3v) is 6.36. The summed E-state index contributed by atoms with van der Waals surface area (Å²) in [7, 11) is 0. The largest absolute Gasteiger partial charge is 0.349 e. The Kier molecular flexibility index (Phi) is 7.57. The van der Waals surface area contributed by atoms with E-state index in [-0.39, 0.29) is 17.1 Å². The minimum atomic E-state index is -0.292. The highest BCUT2D eigenvalue weighted by Crippen LogP contribution is 2.29. The fourth-order valence-corrected chi connectivity index (χ4v) is 4.55. The summed E-state index contributed by atoms with van der Waals surface area (Å²) >= 11 is 5.57. The zero-order valence-electron chi connectivity index (χ0n) is 16.1. The standard InChI is InChI=1S/C22H26N2O2S2/c1-2-14-28-21-18(20(25)23-15-8-4-3-5-9-15)12-13-19(24-21)16-10-6-7-11-17(16)22(26)27/h6-7,10-13,15H,2-5,8-9,14H2,1H3,(H,23,25)(H,26,27). The van der Waals surface area contributed by atoms with Crippen LogP contribution >= 0.6 is 24.4 Å². The van der Waals surface area contributed by atoms with E-state index in [1.165, 1.54) is 19.3 Å². The van der Waals surface area contributed by atoms with Gasteiger partial charge in [-0.05, 0) is 43.2 Å². The summed E-state index contributed by atoms with van der Waals surface area (Å²) in [6.45, 7) is 2.10. The number of amides is 1. The predicted molar refractivity (Wildman–Crippen MR) is 118 cm³/mol. The summed E-state index contributed by atoms with van der Waals surface area (Å²) in [5.74, 6) is 0.830. The summed E-state index contributed by atoms with van der Waals surface area (Å²) in [6.07, 6.45) is 6.69. The van der Waals surface area contributed by atoms with Crippen LogP contribution in [0.15, 0.2) is 41.4 Å². The number of benzene rings is 1. The fraction of sp³-hybridized carbons (Fsp3) is 0.409. The molecule has 1 aromatic carbocycles. The van der Waals surface area contributed by atoms with Gasteiger partial charge in [0, 0.05) is 17.2 Å². The van der Waals surface area contributed by atoms with E-state index >= 15 is 0 Å². The zero-order chi connectivity index (χ0) is 19.9. The van der Waals surface area contributed by atoms with Gasteiger partial charge in [-0.15, -0.1) is 24.4 Å². The van der Waals surface area contributed by atoms with Crippen molar-refractivity contribution in [2.75, 3.05) is 5.75 Å². The lowest BCUT2D eigenvalue weighted by Gasteiger charge is -2.23. The fourth-order valence-electron chi connectivity index (χ4n) is 3.48. The second-order valence-corrected chi connectivity index (χ2v) is 8.55. The number of thiol groups is 1.